The van der Waals surface area contributed by atoms with E-state index >= 15 is 0 Å². The second kappa shape index (κ2) is 6.32. The number of carbonyl (C=O) groups excluding carboxylic acids is 1. The zero-order valence-corrected chi connectivity index (χ0v) is 13.4. The van der Waals surface area contributed by atoms with Crippen LogP contribution in [0.3, 0.4) is 0 Å². The van der Waals surface area contributed by atoms with Crippen molar-refractivity contribution in [3.8, 4) is 11.3 Å². The van der Waals surface area contributed by atoms with E-state index in [1.165, 1.54) is 10.8 Å². The Hall–Kier alpha value is -2.88. The van der Waals surface area contributed by atoms with E-state index in [1.54, 1.807) is 0 Å². The van der Waals surface area contributed by atoms with Crippen molar-refractivity contribution in [1.82, 2.24) is 9.88 Å². The number of hydrogen-bond donors (Lipinski definition) is 0. The lowest BCUT2D eigenvalue weighted by atomic mass is 10.0. The number of anilines is 1. The molecule has 1 amide bonds. The molecule has 120 valence electrons. The van der Waals surface area contributed by atoms with E-state index in [1.807, 2.05) is 23.1 Å². The molecule has 0 unspecified atom stereocenters. The fourth-order valence-electron chi connectivity index (χ4n) is 3.22. The molecule has 4 heteroatoms. The van der Waals surface area contributed by atoms with Crippen molar-refractivity contribution in [2.24, 2.45) is 0 Å². The summed E-state index contributed by atoms with van der Waals surface area (Å²) in [5.41, 5.74) is 2.14. The molecule has 0 bridgehead atoms. The fraction of sp³-hybridized carbons (Fsp3) is 0.200. The van der Waals surface area contributed by atoms with Gasteiger partial charge in [-0.3, -0.25) is 4.79 Å². The van der Waals surface area contributed by atoms with Gasteiger partial charge in [-0.2, -0.15) is 0 Å². The largest absolute Gasteiger partial charge is 0.353 e. The molecule has 24 heavy (non-hydrogen) atoms. The molecule has 0 atom stereocenters. The van der Waals surface area contributed by atoms with E-state index < -0.39 is 0 Å². The number of rotatable bonds is 3. The predicted molar refractivity (Wildman–Crippen MR) is 97.0 cm³/mol. The van der Waals surface area contributed by atoms with Crippen LogP contribution in [-0.2, 0) is 4.79 Å². The average Bonchev–Trinajstić information content (AvgIpc) is 2.68. The number of carbonyl (C=O) groups is 1. The van der Waals surface area contributed by atoms with Gasteiger partial charge in [-0.15, -0.1) is 0 Å². The number of aromatic nitrogens is 1. The molecule has 4 nitrogen and oxygen atoms in total. The van der Waals surface area contributed by atoms with Crippen molar-refractivity contribution in [1.29, 1.82) is 0 Å². The van der Waals surface area contributed by atoms with Crippen molar-refractivity contribution in [2.75, 3.05) is 31.1 Å². The monoisotopic (exact) mass is 317 g/mol. The Labute approximate surface area is 141 Å². The van der Waals surface area contributed by atoms with Gasteiger partial charge >= 0.3 is 0 Å². The summed E-state index contributed by atoms with van der Waals surface area (Å²) >= 11 is 0. The lowest BCUT2D eigenvalue weighted by Gasteiger charge is -2.33. The topological polar surface area (TPSA) is 36.4 Å². The van der Waals surface area contributed by atoms with Crippen molar-refractivity contribution >= 4 is 23.0 Å². The highest BCUT2D eigenvalue weighted by Crippen LogP contribution is 2.30. The third-order valence-electron chi connectivity index (χ3n) is 4.56. The Morgan fingerprint density at radius 2 is 1.58 bits per heavy atom. The third kappa shape index (κ3) is 2.71. The number of pyridine rings is 1. The predicted octanol–water partition coefficient (Wildman–Crippen LogP) is 3.18. The first-order valence-electron chi connectivity index (χ1n) is 8.25. The molecule has 0 radical (unpaired) electrons. The molecule has 1 aliphatic rings. The quantitative estimate of drug-likeness (QED) is 0.696. The number of hydrogen-bond acceptors (Lipinski definition) is 3. The molecule has 1 fully saturated rings. The van der Waals surface area contributed by atoms with Crippen LogP contribution in [0, 0.1) is 0 Å². The summed E-state index contributed by atoms with van der Waals surface area (Å²) in [6.45, 7) is 3.13. The standard InChI is InChI=1S/C20H19N3O/c24-15-22-10-12-23(13-11-22)19-14-17-8-4-5-9-18(17)20(21-19)16-6-2-1-3-7-16/h1-9,14-15H,10-13H2. The van der Waals surface area contributed by atoms with E-state index in [4.69, 9.17) is 4.98 Å². The highest BCUT2D eigenvalue weighted by Gasteiger charge is 2.18. The molecule has 2 aromatic carbocycles. The Morgan fingerprint density at radius 3 is 2.33 bits per heavy atom. The summed E-state index contributed by atoms with van der Waals surface area (Å²) in [5, 5.41) is 2.36. The van der Waals surface area contributed by atoms with Crippen molar-refractivity contribution in [3.05, 3.63) is 60.7 Å². The van der Waals surface area contributed by atoms with E-state index in [-0.39, 0.29) is 0 Å². The van der Waals surface area contributed by atoms with Crippen LogP contribution in [-0.4, -0.2) is 42.5 Å². The third-order valence-corrected chi connectivity index (χ3v) is 4.56. The smallest absolute Gasteiger partial charge is 0.209 e. The highest BCUT2D eigenvalue weighted by molar-refractivity contribution is 5.96. The van der Waals surface area contributed by atoms with Gasteiger partial charge in [0.1, 0.15) is 5.82 Å². The van der Waals surface area contributed by atoms with Crippen LogP contribution < -0.4 is 4.90 Å². The van der Waals surface area contributed by atoms with E-state index in [2.05, 4.69) is 47.4 Å². The minimum Gasteiger partial charge on any atom is -0.353 e. The molecule has 3 aromatic rings. The zero-order chi connectivity index (χ0) is 16.4. The first-order chi connectivity index (χ1) is 11.8. The summed E-state index contributed by atoms with van der Waals surface area (Å²) in [4.78, 5) is 20.0. The molecular weight excluding hydrogens is 298 g/mol. The van der Waals surface area contributed by atoms with Crippen molar-refractivity contribution in [2.45, 2.75) is 0 Å². The Bertz CT molecular complexity index is 855. The van der Waals surface area contributed by atoms with Gasteiger partial charge < -0.3 is 9.80 Å². The maximum Gasteiger partial charge on any atom is 0.209 e. The maximum absolute atomic E-state index is 10.9. The molecule has 0 saturated carbocycles. The number of nitrogens with zero attached hydrogens (tertiary/aromatic N) is 3. The van der Waals surface area contributed by atoms with Gasteiger partial charge in [0.15, 0.2) is 0 Å². The first-order valence-corrected chi connectivity index (χ1v) is 8.25. The molecule has 0 aliphatic carbocycles. The Morgan fingerprint density at radius 1 is 0.875 bits per heavy atom. The number of piperazine rings is 1. The minimum atomic E-state index is 0.749. The normalized spacial score (nSPS) is 14.8. The summed E-state index contributed by atoms with van der Waals surface area (Å²) < 4.78 is 0. The number of amides is 1. The lowest BCUT2D eigenvalue weighted by molar-refractivity contribution is -0.118. The molecule has 1 aliphatic heterocycles. The number of fused-ring (bicyclic) bond motifs is 1. The van der Waals surface area contributed by atoms with Gasteiger partial charge in [-0.1, -0.05) is 54.6 Å². The second-order valence-electron chi connectivity index (χ2n) is 6.04. The first kappa shape index (κ1) is 14.7. The van der Waals surface area contributed by atoms with Gasteiger partial charge in [0.05, 0.1) is 5.69 Å². The van der Waals surface area contributed by atoms with Gasteiger partial charge in [0, 0.05) is 37.1 Å². The summed E-state index contributed by atoms with van der Waals surface area (Å²) in [5.74, 6) is 0.984. The summed E-state index contributed by atoms with van der Waals surface area (Å²) in [6.07, 6.45) is 0.931. The van der Waals surface area contributed by atoms with Crippen LogP contribution in [0.5, 0.6) is 0 Å². The van der Waals surface area contributed by atoms with E-state index in [0.717, 1.165) is 49.7 Å². The van der Waals surface area contributed by atoms with Crippen LogP contribution in [0.1, 0.15) is 0 Å². The molecule has 0 N–H and O–H groups in total. The van der Waals surface area contributed by atoms with Crippen LogP contribution in [0.2, 0.25) is 0 Å². The Balaban J connectivity index is 1.79. The molecular formula is C20H19N3O. The molecule has 1 aromatic heterocycles. The molecule has 2 heterocycles. The average molecular weight is 317 g/mol. The lowest BCUT2D eigenvalue weighted by Crippen LogP contribution is -2.46. The van der Waals surface area contributed by atoms with E-state index in [0.29, 0.717) is 0 Å². The van der Waals surface area contributed by atoms with Crippen LogP contribution in [0.15, 0.2) is 60.7 Å². The van der Waals surface area contributed by atoms with Crippen LogP contribution in [0.25, 0.3) is 22.0 Å². The van der Waals surface area contributed by atoms with Crippen molar-refractivity contribution < 1.29 is 4.79 Å². The summed E-state index contributed by atoms with van der Waals surface area (Å²) in [6, 6.07) is 20.8. The van der Waals surface area contributed by atoms with Gasteiger partial charge in [-0.25, -0.2) is 4.98 Å². The minimum absolute atomic E-state index is 0.749. The SMILES string of the molecule is O=CN1CCN(c2cc3ccccc3c(-c3ccccc3)n2)CC1. The molecule has 1 saturated heterocycles. The van der Waals surface area contributed by atoms with Crippen molar-refractivity contribution in [3.63, 3.8) is 0 Å². The van der Waals surface area contributed by atoms with Crippen LogP contribution >= 0.6 is 0 Å². The fourth-order valence-corrected chi connectivity index (χ4v) is 3.22. The summed E-state index contributed by atoms with van der Waals surface area (Å²) in [7, 11) is 0. The zero-order valence-electron chi connectivity index (χ0n) is 13.4. The Kier molecular flexibility index (Phi) is 3.87. The van der Waals surface area contributed by atoms with E-state index in [9.17, 15) is 4.79 Å². The highest BCUT2D eigenvalue weighted by atomic mass is 16.1. The van der Waals surface area contributed by atoms with Gasteiger partial charge in [0.2, 0.25) is 6.41 Å². The second-order valence-corrected chi connectivity index (χ2v) is 6.04. The van der Waals surface area contributed by atoms with Gasteiger partial charge in [-0.05, 0) is 11.5 Å². The molecule has 4 rings (SSSR count). The maximum atomic E-state index is 10.9. The number of benzene rings is 2. The van der Waals surface area contributed by atoms with Gasteiger partial charge in [0.25, 0.3) is 0 Å². The van der Waals surface area contributed by atoms with Crippen LogP contribution in [0.4, 0.5) is 5.82 Å². The molecule has 0 spiro atoms.